The van der Waals surface area contributed by atoms with Gasteiger partial charge in [-0.15, -0.1) is 12.4 Å². The Hall–Kier alpha value is -1.49. The molecule has 0 aliphatic carbocycles. The molecule has 0 aliphatic rings. The Morgan fingerprint density at radius 3 is 2.56 bits per heavy atom. The van der Waals surface area contributed by atoms with Crippen molar-refractivity contribution in [2.75, 3.05) is 5.32 Å². The number of nitrogens with one attached hydrogen (secondary N) is 1. The number of halogens is 1. The van der Waals surface area contributed by atoms with Crippen molar-refractivity contribution in [1.29, 1.82) is 0 Å². The number of hydrogen-bond acceptors (Lipinski definition) is 3. The van der Waals surface area contributed by atoms with Crippen LogP contribution in [0.3, 0.4) is 0 Å². The van der Waals surface area contributed by atoms with E-state index in [4.69, 9.17) is 0 Å². The molecule has 0 amide bonds. The lowest BCUT2D eigenvalue weighted by atomic mass is 10.3. The minimum Gasteiger partial charge on any atom is -0.364 e. The Bertz CT molecular complexity index is 500. The van der Waals surface area contributed by atoms with Crippen LogP contribution in [0.1, 0.15) is 31.0 Å². The predicted molar refractivity (Wildman–Crippen MR) is 75.1 cm³/mol. The van der Waals surface area contributed by atoms with Gasteiger partial charge in [0, 0.05) is 43.2 Å². The van der Waals surface area contributed by atoms with E-state index in [0.717, 1.165) is 17.9 Å². The molecule has 100 valence electrons. The summed E-state index contributed by atoms with van der Waals surface area (Å²) in [4.78, 5) is 0. The summed E-state index contributed by atoms with van der Waals surface area (Å²) in [6, 6.07) is 0.403. The molecule has 6 heteroatoms. The molecule has 18 heavy (non-hydrogen) atoms. The zero-order chi connectivity index (χ0) is 12.4. The highest BCUT2D eigenvalue weighted by Crippen LogP contribution is 2.12. The van der Waals surface area contributed by atoms with E-state index in [1.807, 2.05) is 35.7 Å². The molecule has 0 radical (unpaired) electrons. The molecular weight excluding hydrogens is 250 g/mol. The summed E-state index contributed by atoms with van der Waals surface area (Å²) in [5.74, 6) is 0.935. The van der Waals surface area contributed by atoms with Crippen molar-refractivity contribution in [1.82, 2.24) is 19.6 Å². The average Bonchev–Trinajstić information content (AvgIpc) is 2.82. The van der Waals surface area contributed by atoms with Gasteiger partial charge in [0.15, 0.2) is 5.82 Å². The van der Waals surface area contributed by atoms with Gasteiger partial charge in [0.1, 0.15) is 0 Å². The minimum atomic E-state index is 0. The molecule has 5 nitrogen and oxygen atoms in total. The number of anilines is 1. The third kappa shape index (κ3) is 3.26. The first-order valence-corrected chi connectivity index (χ1v) is 5.83. The van der Waals surface area contributed by atoms with E-state index in [2.05, 4.69) is 35.6 Å². The second kappa shape index (κ2) is 5.91. The zero-order valence-electron chi connectivity index (χ0n) is 11.2. The summed E-state index contributed by atoms with van der Waals surface area (Å²) in [7, 11) is 1.93. The van der Waals surface area contributed by atoms with Crippen molar-refractivity contribution in [3.8, 4) is 0 Å². The van der Waals surface area contributed by atoms with Crippen molar-refractivity contribution in [3.05, 3.63) is 29.7 Å². The second-order valence-electron chi connectivity index (χ2n) is 4.61. The van der Waals surface area contributed by atoms with Crippen molar-refractivity contribution >= 4 is 18.2 Å². The summed E-state index contributed by atoms with van der Waals surface area (Å²) >= 11 is 0. The quantitative estimate of drug-likeness (QED) is 0.928. The van der Waals surface area contributed by atoms with E-state index in [1.54, 1.807) is 0 Å². The van der Waals surface area contributed by atoms with Gasteiger partial charge in [-0.3, -0.25) is 9.36 Å². The van der Waals surface area contributed by atoms with Gasteiger partial charge in [-0.2, -0.15) is 10.2 Å². The van der Waals surface area contributed by atoms with Gasteiger partial charge in [-0.25, -0.2) is 0 Å². The van der Waals surface area contributed by atoms with Crippen molar-refractivity contribution in [2.24, 2.45) is 7.05 Å². The fraction of sp³-hybridized carbons (Fsp3) is 0.500. The van der Waals surface area contributed by atoms with E-state index in [1.165, 1.54) is 5.56 Å². The topological polar surface area (TPSA) is 47.7 Å². The van der Waals surface area contributed by atoms with E-state index in [9.17, 15) is 0 Å². The third-order valence-electron chi connectivity index (χ3n) is 2.66. The molecule has 2 rings (SSSR count). The van der Waals surface area contributed by atoms with Crippen LogP contribution in [-0.4, -0.2) is 19.6 Å². The number of nitrogens with zero attached hydrogens (tertiary/aromatic N) is 4. The third-order valence-corrected chi connectivity index (χ3v) is 2.66. The van der Waals surface area contributed by atoms with Gasteiger partial charge in [-0.05, 0) is 20.8 Å². The average molecular weight is 270 g/mol. The first kappa shape index (κ1) is 14.6. The van der Waals surface area contributed by atoms with Crippen LogP contribution in [-0.2, 0) is 13.6 Å². The molecule has 0 atom stereocenters. The molecule has 0 aromatic carbocycles. The van der Waals surface area contributed by atoms with Gasteiger partial charge in [0.25, 0.3) is 0 Å². The number of aryl methyl sites for hydroxylation is 2. The number of aromatic nitrogens is 4. The Morgan fingerprint density at radius 2 is 2.06 bits per heavy atom. The fourth-order valence-corrected chi connectivity index (χ4v) is 1.72. The molecule has 1 N–H and O–H groups in total. The highest BCUT2D eigenvalue weighted by Gasteiger charge is 2.05. The lowest BCUT2D eigenvalue weighted by Gasteiger charge is -2.04. The molecule has 0 bridgehead atoms. The maximum Gasteiger partial charge on any atom is 0.151 e. The zero-order valence-corrected chi connectivity index (χ0v) is 12.0. The summed E-state index contributed by atoms with van der Waals surface area (Å²) < 4.78 is 3.78. The molecule has 0 unspecified atom stereocenters. The summed E-state index contributed by atoms with van der Waals surface area (Å²) in [5, 5.41) is 12.0. The fourth-order valence-electron chi connectivity index (χ4n) is 1.72. The molecule has 0 saturated carbocycles. The van der Waals surface area contributed by atoms with Crippen LogP contribution in [0, 0.1) is 6.92 Å². The predicted octanol–water partition coefficient (Wildman–Crippen LogP) is 2.54. The monoisotopic (exact) mass is 269 g/mol. The smallest absolute Gasteiger partial charge is 0.151 e. The van der Waals surface area contributed by atoms with Crippen LogP contribution in [0.5, 0.6) is 0 Å². The summed E-state index contributed by atoms with van der Waals surface area (Å²) in [6.45, 7) is 7.04. The van der Waals surface area contributed by atoms with Gasteiger partial charge < -0.3 is 5.32 Å². The first-order valence-electron chi connectivity index (χ1n) is 5.83. The van der Waals surface area contributed by atoms with E-state index >= 15 is 0 Å². The molecule has 2 aromatic rings. The SMILES string of the molecule is Cc1cn(C)nc1NCc1cnn(C(C)C)c1.Cl. The molecule has 0 aliphatic heterocycles. The van der Waals surface area contributed by atoms with Gasteiger partial charge in [0.2, 0.25) is 0 Å². The van der Waals surface area contributed by atoms with Crippen molar-refractivity contribution in [3.63, 3.8) is 0 Å². The maximum absolute atomic E-state index is 4.35. The standard InChI is InChI=1S/C12H19N5.ClH/c1-9(2)17-8-11(6-14-17)5-13-12-10(3)7-16(4)15-12;/h6-9H,5H2,1-4H3,(H,13,15);1H. The first-order chi connectivity index (χ1) is 8.06. The second-order valence-corrected chi connectivity index (χ2v) is 4.61. The van der Waals surface area contributed by atoms with Crippen LogP contribution in [0.4, 0.5) is 5.82 Å². The molecule has 2 aromatic heterocycles. The van der Waals surface area contributed by atoms with Gasteiger partial charge >= 0.3 is 0 Å². The summed E-state index contributed by atoms with van der Waals surface area (Å²) in [6.07, 6.45) is 5.96. The van der Waals surface area contributed by atoms with Crippen LogP contribution < -0.4 is 5.32 Å². The molecular formula is C12H20ClN5. The molecule has 0 saturated heterocycles. The van der Waals surface area contributed by atoms with E-state index < -0.39 is 0 Å². The van der Waals surface area contributed by atoms with Gasteiger partial charge in [-0.1, -0.05) is 0 Å². The minimum absolute atomic E-state index is 0. The Kier molecular flexibility index (Phi) is 4.78. The Balaban J connectivity index is 0.00000162. The van der Waals surface area contributed by atoms with Crippen LogP contribution >= 0.6 is 12.4 Å². The Morgan fingerprint density at radius 1 is 1.33 bits per heavy atom. The number of hydrogen-bond donors (Lipinski definition) is 1. The molecule has 2 heterocycles. The highest BCUT2D eigenvalue weighted by molar-refractivity contribution is 5.85. The lowest BCUT2D eigenvalue weighted by Crippen LogP contribution is -2.02. The maximum atomic E-state index is 4.35. The largest absolute Gasteiger partial charge is 0.364 e. The van der Waals surface area contributed by atoms with Crippen molar-refractivity contribution in [2.45, 2.75) is 33.4 Å². The van der Waals surface area contributed by atoms with Crippen LogP contribution in [0.2, 0.25) is 0 Å². The van der Waals surface area contributed by atoms with Crippen molar-refractivity contribution < 1.29 is 0 Å². The molecule has 0 fully saturated rings. The normalized spacial score (nSPS) is 10.5. The van der Waals surface area contributed by atoms with Crippen LogP contribution in [0.15, 0.2) is 18.6 Å². The number of rotatable bonds is 4. The van der Waals surface area contributed by atoms with Crippen LogP contribution in [0.25, 0.3) is 0 Å². The van der Waals surface area contributed by atoms with E-state index in [0.29, 0.717) is 6.04 Å². The summed E-state index contributed by atoms with van der Waals surface area (Å²) in [5.41, 5.74) is 2.33. The highest BCUT2D eigenvalue weighted by atomic mass is 35.5. The Labute approximate surface area is 114 Å². The van der Waals surface area contributed by atoms with E-state index in [-0.39, 0.29) is 12.4 Å². The van der Waals surface area contributed by atoms with Gasteiger partial charge in [0.05, 0.1) is 6.20 Å². The lowest BCUT2D eigenvalue weighted by molar-refractivity contribution is 0.532. The molecule has 0 spiro atoms.